The molecule has 0 bridgehead atoms. The molecule has 0 radical (unpaired) electrons. The first-order valence-corrected chi connectivity index (χ1v) is 7.28. The van der Waals surface area contributed by atoms with Gasteiger partial charge in [0.1, 0.15) is 0 Å². The minimum Gasteiger partial charge on any atom is -0.338 e. The predicted octanol–water partition coefficient (Wildman–Crippen LogP) is 3.06. The molecule has 18 heavy (non-hydrogen) atoms. The molecule has 0 aliphatic carbocycles. The minimum atomic E-state index is 0.140. The van der Waals surface area contributed by atoms with Gasteiger partial charge in [-0.05, 0) is 18.1 Å². The van der Waals surface area contributed by atoms with E-state index in [0.29, 0.717) is 12.5 Å². The molecule has 1 fully saturated rings. The lowest BCUT2D eigenvalue weighted by Gasteiger charge is -2.13. The molecule has 96 valence electrons. The van der Waals surface area contributed by atoms with Crippen molar-refractivity contribution in [2.45, 2.75) is 11.8 Å². The highest BCUT2D eigenvalue weighted by Crippen LogP contribution is 2.30. The van der Waals surface area contributed by atoms with Gasteiger partial charge in [0.15, 0.2) is 0 Å². The summed E-state index contributed by atoms with van der Waals surface area (Å²) in [6, 6.07) is 10.4. The van der Waals surface area contributed by atoms with Gasteiger partial charge in [0.25, 0.3) is 0 Å². The fraction of sp³-hybridized carbons (Fsp3) is 0.400. The van der Waals surface area contributed by atoms with Crippen LogP contribution in [0.5, 0.6) is 0 Å². The van der Waals surface area contributed by atoms with E-state index in [0.717, 1.165) is 12.3 Å². The molecule has 1 aliphatic heterocycles. The van der Waals surface area contributed by atoms with E-state index in [4.69, 9.17) is 0 Å². The van der Waals surface area contributed by atoms with Crippen LogP contribution in [0.1, 0.15) is 6.92 Å². The maximum atomic E-state index is 12.0. The lowest BCUT2D eigenvalue weighted by molar-refractivity contribution is -0.130. The van der Waals surface area contributed by atoms with E-state index in [9.17, 15) is 4.79 Å². The average Bonchev–Trinajstić information content (AvgIpc) is 2.66. The molecule has 1 aliphatic rings. The number of hydrogen-bond acceptors (Lipinski definition) is 2. The molecule has 0 spiro atoms. The van der Waals surface area contributed by atoms with Gasteiger partial charge in [0.05, 0.1) is 0 Å². The molecule has 1 amide bonds. The van der Waals surface area contributed by atoms with Gasteiger partial charge in [-0.25, -0.2) is 0 Å². The summed E-state index contributed by atoms with van der Waals surface area (Å²) in [6.45, 7) is 7.29. The smallest absolute Gasteiger partial charge is 0.226 e. The van der Waals surface area contributed by atoms with Crippen LogP contribution < -0.4 is 0 Å². The van der Waals surface area contributed by atoms with Gasteiger partial charge in [-0.3, -0.25) is 4.79 Å². The lowest BCUT2D eigenvalue weighted by atomic mass is 10.0. The summed E-state index contributed by atoms with van der Waals surface area (Å²) in [7, 11) is 0. The molecule has 1 saturated heterocycles. The first-order chi connectivity index (χ1) is 8.72. The Labute approximate surface area is 113 Å². The molecular weight excluding hydrogens is 242 g/mol. The Balaban J connectivity index is 1.90. The van der Waals surface area contributed by atoms with Crippen LogP contribution in [0.4, 0.5) is 0 Å². The van der Waals surface area contributed by atoms with Gasteiger partial charge in [0.2, 0.25) is 5.91 Å². The number of carbonyl (C=O) groups excluding carboxylic acids is 1. The second-order valence-electron chi connectivity index (χ2n) is 4.70. The maximum absolute atomic E-state index is 12.0. The number of rotatable bonds is 5. The second kappa shape index (κ2) is 6.10. The van der Waals surface area contributed by atoms with Crippen molar-refractivity contribution in [2.75, 3.05) is 18.8 Å². The van der Waals surface area contributed by atoms with Crippen LogP contribution in [0, 0.1) is 11.8 Å². The summed E-state index contributed by atoms with van der Waals surface area (Å²) in [4.78, 5) is 15.2. The molecule has 1 aromatic rings. The Kier molecular flexibility index (Phi) is 4.48. The van der Waals surface area contributed by atoms with Gasteiger partial charge >= 0.3 is 0 Å². The zero-order valence-electron chi connectivity index (χ0n) is 10.7. The largest absolute Gasteiger partial charge is 0.338 e. The number of amides is 1. The Morgan fingerprint density at radius 1 is 1.44 bits per heavy atom. The van der Waals surface area contributed by atoms with Crippen molar-refractivity contribution in [2.24, 2.45) is 11.8 Å². The first kappa shape index (κ1) is 13.2. The van der Waals surface area contributed by atoms with Crippen molar-refractivity contribution in [3.63, 3.8) is 0 Å². The van der Waals surface area contributed by atoms with Crippen LogP contribution in [0.3, 0.4) is 0 Å². The molecule has 2 nitrogen and oxygen atoms in total. The molecule has 0 N–H and O–H groups in total. The summed E-state index contributed by atoms with van der Waals surface area (Å²) in [6.07, 6.45) is 1.80. The fourth-order valence-corrected chi connectivity index (χ4v) is 3.41. The van der Waals surface area contributed by atoms with Crippen molar-refractivity contribution in [3.05, 3.63) is 43.0 Å². The van der Waals surface area contributed by atoms with E-state index in [1.165, 1.54) is 4.90 Å². The summed E-state index contributed by atoms with van der Waals surface area (Å²) in [5, 5.41) is 0. The van der Waals surface area contributed by atoms with Gasteiger partial charge < -0.3 is 4.90 Å². The molecule has 2 atom stereocenters. The van der Waals surface area contributed by atoms with Crippen LogP contribution in [0.2, 0.25) is 0 Å². The highest BCUT2D eigenvalue weighted by atomic mass is 32.2. The van der Waals surface area contributed by atoms with Crippen molar-refractivity contribution in [1.29, 1.82) is 0 Å². The zero-order chi connectivity index (χ0) is 13.0. The molecule has 3 heteroatoms. The van der Waals surface area contributed by atoms with Crippen LogP contribution in [0.25, 0.3) is 0 Å². The molecular formula is C15H19NOS. The fourth-order valence-electron chi connectivity index (χ4n) is 2.26. The lowest BCUT2D eigenvalue weighted by Crippen LogP contribution is -2.26. The Morgan fingerprint density at radius 2 is 2.17 bits per heavy atom. The Hall–Kier alpha value is -1.22. The van der Waals surface area contributed by atoms with E-state index in [1.54, 1.807) is 6.08 Å². The maximum Gasteiger partial charge on any atom is 0.226 e. The monoisotopic (exact) mass is 261 g/mol. The molecule has 1 aromatic carbocycles. The third-order valence-electron chi connectivity index (χ3n) is 3.42. The topological polar surface area (TPSA) is 20.3 Å². The average molecular weight is 261 g/mol. The van der Waals surface area contributed by atoms with Crippen molar-refractivity contribution in [3.8, 4) is 0 Å². The first-order valence-electron chi connectivity index (χ1n) is 6.30. The molecule has 1 heterocycles. The predicted molar refractivity (Wildman–Crippen MR) is 76.6 cm³/mol. The molecule has 0 saturated carbocycles. The normalized spacial score (nSPS) is 23.4. The Bertz CT molecular complexity index is 418. The van der Waals surface area contributed by atoms with E-state index >= 15 is 0 Å². The number of nitrogens with zero attached hydrogens (tertiary/aromatic N) is 1. The van der Waals surface area contributed by atoms with Crippen LogP contribution in [-0.4, -0.2) is 29.6 Å². The number of likely N-dealkylation sites (tertiary alicyclic amines) is 1. The highest BCUT2D eigenvalue weighted by molar-refractivity contribution is 7.99. The SMILES string of the molecule is C=CCN1C[C@@H](CSc2ccccc2)[C@@H](C)C1=O. The zero-order valence-corrected chi connectivity index (χ0v) is 11.5. The van der Waals surface area contributed by atoms with E-state index in [2.05, 4.69) is 30.8 Å². The summed E-state index contributed by atoms with van der Waals surface area (Å²) >= 11 is 1.84. The third kappa shape index (κ3) is 2.96. The highest BCUT2D eigenvalue weighted by Gasteiger charge is 2.36. The summed E-state index contributed by atoms with van der Waals surface area (Å²) in [5.41, 5.74) is 0. The van der Waals surface area contributed by atoms with Crippen LogP contribution >= 0.6 is 11.8 Å². The Morgan fingerprint density at radius 3 is 2.83 bits per heavy atom. The van der Waals surface area contributed by atoms with Crippen molar-refractivity contribution >= 4 is 17.7 Å². The second-order valence-corrected chi connectivity index (χ2v) is 5.80. The van der Waals surface area contributed by atoms with E-state index in [-0.39, 0.29) is 11.8 Å². The van der Waals surface area contributed by atoms with Crippen LogP contribution in [0.15, 0.2) is 47.9 Å². The molecule has 0 aromatic heterocycles. The van der Waals surface area contributed by atoms with E-state index in [1.807, 2.05) is 29.7 Å². The third-order valence-corrected chi connectivity index (χ3v) is 4.62. The van der Waals surface area contributed by atoms with Crippen molar-refractivity contribution in [1.82, 2.24) is 4.90 Å². The number of carbonyl (C=O) groups is 1. The quantitative estimate of drug-likeness (QED) is 0.600. The van der Waals surface area contributed by atoms with Gasteiger partial charge in [0, 0.05) is 29.7 Å². The van der Waals surface area contributed by atoms with Gasteiger partial charge in [-0.15, -0.1) is 18.3 Å². The van der Waals surface area contributed by atoms with Gasteiger partial charge in [-0.2, -0.15) is 0 Å². The summed E-state index contributed by atoms with van der Waals surface area (Å²) in [5.74, 6) is 1.86. The summed E-state index contributed by atoms with van der Waals surface area (Å²) < 4.78 is 0. The number of hydrogen-bond donors (Lipinski definition) is 0. The molecule has 0 unspecified atom stereocenters. The van der Waals surface area contributed by atoms with Crippen LogP contribution in [-0.2, 0) is 4.79 Å². The molecule has 2 rings (SSSR count). The standard InChI is InChI=1S/C15H19NOS/c1-3-9-16-10-13(12(2)15(16)17)11-18-14-7-5-4-6-8-14/h3-8,12-13H,1,9-11H2,2H3/t12-,13+/m1/s1. The minimum absolute atomic E-state index is 0.140. The van der Waals surface area contributed by atoms with E-state index < -0.39 is 0 Å². The number of thioether (sulfide) groups is 1. The number of benzene rings is 1. The van der Waals surface area contributed by atoms with Gasteiger partial charge in [-0.1, -0.05) is 31.2 Å². The van der Waals surface area contributed by atoms with Crippen molar-refractivity contribution < 1.29 is 4.79 Å².